The predicted octanol–water partition coefficient (Wildman–Crippen LogP) is 3.22. The van der Waals surface area contributed by atoms with Crippen molar-refractivity contribution in [1.29, 1.82) is 5.26 Å². The van der Waals surface area contributed by atoms with Crippen molar-refractivity contribution in [3.8, 4) is 17.5 Å². The number of pyridine rings is 1. The number of nitrogens with zero attached hydrogens (tertiary/aromatic N) is 3. The van der Waals surface area contributed by atoms with Gasteiger partial charge in [-0.15, -0.1) is 0 Å². The van der Waals surface area contributed by atoms with Gasteiger partial charge in [-0.05, 0) is 24.3 Å². The molecule has 2 aromatic heterocycles. The van der Waals surface area contributed by atoms with Gasteiger partial charge in [0, 0.05) is 11.8 Å². The van der Waals surface area contributed by atoms with Gasteiger partial charge in [-0.3, -0.25) is 4.98 Å². The summed E-state index contributed by atoms with van der Waals surface area (Å²) in [6, 6.07) is 17.2. The quantitative estimate of drug-likeness (QED) is 0.791. The molecular weight excluding hydrogens is 264 g/mol. The summed E-state index contributed by atoms with van der Waals surface area (Å²) in [4.78, 5) is 8.41. The second-order valence-corrected chi connectivity index (χ2v) is 4.35. The summed E-state index contributed by atoms with van der Waals surface area (Å²) < 4.78 is 5.64. The first-order chi connectivity index (χ1) is 10.4. The Bertz CT molecular complexity index is 760. The van der Waals surface area contributed by atoms with Gasteiger partial charge >= 0.3 is 0 Å². The lowest BCUT2D eigenvalue weighted by Crippen LogP contribution is -2.01. The van der Waals surface area contributed by atoms with Crippen LogP contribution in [0.3, 0.4) is 0 Å². The zero-order valence-corrected chi connectivity index (χ0v) is 11.2. The lowest BCUT2D eigenvalue weighted by atomic mass is 10.2. The molecular formula is C16H12N4O. The number of oxazole rings is 1. The summed E-state index contributed by atoms with van der Waals surface area (Å²) in [7, 11) is 0. The lowest BCUT2D eigenvalue weighted by molar-refractivity contribution is 0.584. The van der Waals surface area contributed by atoms with Crippen molar-refractivity contribution in [2.75, 3.05) is 5.32 Å². The van der Waals surface area contributed by atoms with E-state index in [1.165, 1.54) is 0 Å². The number of anilines is 1. The van der Waals surface area contributed by atoms with E-state index in [-0.39, 0.29) is 5.69 Å². The highest BCUT2D eigenvalue weighted by Crippen LogP contribution is 2.25. The van der Waals surface area contributed by atoms with Gasteiger partial charge < -0.3 is 9.73 Å². The van der Waals surface area contributed by atoms with E-state index in [1.54, 1.807) is 6.20 Å². The fourth-order valence-corrected chi connectivity index (χ4v) is 1.89. The van der Waals surface area contributed by atoms with Crippen molar-refractivity contribution in [2.45, 2.75) is 6.54 Å². The molecule has 0 aliphatic heterocycles. The highest BCUT2D eigenvalue weighted by molar-refractivity contribution is 5.58. The summed E-state index contributed by atoms with van der Waals surface area (Å²) in [5.41, 5.74) is 1.93. The first kappa shape index (κ1) is 12.9. The van der Waals surface area contributed by atoms with Crippen LogP contribution in [-0.2, 0) is 6.54 Å². The van der Waals surface area contributed by atoms with Gasteiger partial charge in [0.2, 0.25) is 17.5 Å². The molecule has 0 unspecified atom stereocenters. The molecule has 0 radical (unpaired) electrons. The molecule has 0 spiro atoms. The zero-order valence-electron chi connectivity index (χ0n) is 11.2. The average molecular weight is 276 g/mol. The van der Waals surface area contributed by atoms with Gasteiger partial charge in [-0.1, -0.05) is 24.3 Å². The van der Waals surface area contributed by atoms with Crippen LogP contribution in [0.25, 0.3) is 11.5 Å². The lowest BCUT2D eigenvalue weighted by Gasteiger charge is -2.01. The third kappa shape index (κ3) is 2.90. The van der Waals surface area contributed by atoms with E-state index >= 15 is 0 Å². The number of hydrogen-bond donors (Lipinski definition) is 1. The minimum absolute atomic E-state index is 0.241. The van der Waals surface area contributed by atoms with Crippen LogP contribution in [0, 0.1) is 11.3 Å². The van der Waals surface area contributed by atoms with E-state index in [0.29, 0.717) is 18.3 Å². The Morgan fingerprint density at radius 2 is 1.90 bits per heavy atom. The molecule has 1 aromatic carbocycles. The number of hydrogen-bond acceptors (Lipinski definition) is 5. The number of rotatable bonds is 4. The van der Waals surface area contributed by atoms with Gasteiger partial charge in [0.25, 0.3) is 0 Å². The average Bonchev–Trinajstić information content (AvgIpc) is 2.98. The van der Waals surface area contributed by atoms with Crippen molar-refractivity contribution in [3.05, 3.63) is 66.1 Å². The van der Waals surface area contributed by atoms with Gasteiger partial charge in [0.1, 0.15) is 6.07 Å². The third-order valence-corrected chi connectivity index (χ3v) is 2.91. The Morgan fingerprint density at radius 3 is 2.62 bits per heavy atom. The molecule has 0 aliphatic rings. The predicted molar refractivity (Wildman–Crippen MR) is 78.2 cm³/mol. The second-order valence-electron chi connectivity index (χ2n) is 4.35. The second kappa shape index (κ2) is 5.88. The zero-order chi connectivity index (χ0) is 14.5. The molecule has 21 heavy (non-hydrogen) atoms. The Balaban J connectivity index is 1.82. The van der Waals surface area contributed by atoms with Gasteiger partial charge in [0.05, 0.1) is 12.2 Å². The van der Waals surface area contributed by atoms with Gasteiger partial charge in [-0.25, -0.2) is 0 Å². The van der Waals surface area contributed by atoms with Crippen molar-refractivity contribution >= 4 is 5.88 Å². The smallest absolute Gasteiger partial charge is 0.232 e. The first-order valence-corrected chi connectivity index (χ1v) is 6.47. The Kier molecular flexibility index (Phi) is 3.61. The highest BCUT2D eigenvalue weighted by atomic mass is 16.4. The maximum atomic E-state index is 9.15. The molecule has 0 saturated carbocycles. The summed E-state index contributed by atoms with van der Waals surface area (Å²) in [6.45, 7) is 0.471. The van der Waals surface area contributed by atoms with E-state index in [2.05, 4.69) is 15.3 Å². The van der Waals surface area contributed by atoms with E-state index in [0.717, 1.165) is 11.3 Å². The molecule has 0 atom stereocenters. The van der Waals surface area contributed by atoms with E-state index in [9.17, 15) is 0 Å². The molecule has 5 heteroatoms. The van der Waals surface area contributed by atoms with Crippen molar-refractivity contribution in [1.82, 2.24) is 9.97 Å². The molecule has 0 amide bonds. The minimum Gasteiger partial charge on any atom is -0.419 e. The van der Waals surface area contributed by atoms with E-state index < -0.39 is 0 Å². The van der Waals surface area contributed by atoms with Crippen molar-refractivity contribution in [2.24, 2.45) is 0 Å². The number of aromatic nitrogens is 2. The molecule has 3 aromatic rings. The SMILES string of the molecule is N#Cc1nc(-c2ccccc2)oc1NCc1ccccn1. The largest absolute Gasteiger partial charge is 0.419 e. The summed E-state index contributed by atoms with van der Waals surface area (Å²) in [6.07, 6.45) is 1.72. The molecule has 102 valence electrons. The summed E-state index contributed by atoms with van der Waals surface area (Å²) >= 11 is 0. The molecule has 5 nitrogen and oxygen atoms in total. The maximum Gasteiger partial charge on any atom is 0.232 e. The standard InChI is InChI=1S/C16H12N4O/c17-10-14-16(19-11-13-8-4-5-9-18-13)21-15(20-14)12-6-2-1-3-7-12/h1-9,19H,11H2. The molecule has 0 aliphatic carbocycles. The molecule has 0 bridgehead atoms. The first-order valence-electron chi connectivity index (χ1n) is 6.47. The Morgan fingerprint density at radius 1 is 1.10 bits per heavy atom. The number of nitriles is 1. The van der Waals surface area contributed by atoms with Gasteiger partial charge in [0.15, 0.2) is 0 Å². The molecule has 0 saturated heterocycles. The number of benzene rings is 1. The van der Waals surface area contributed by atoms with E-state index in [1.807, 2.05) is 54.6 Å². The van der Waals surface area contributed by atoms with Crippen LogP contribution < -0.4 is 5.32 Å². The maximum absolute atomic E-state index is 9.15. The number of nitrogens with one attached hydrogen (secondary N) is 1. The minimum atomic E-state index is 0.241. The fraction of sp³-hybridized carbons (Fsp3) is 0.0625. The van der Waals surface area contributed by atoms with Crippen molar-refractivity contribution < 1.29 is 4.42 Å². The molecule has 3 rings (SSSR count). The molecule has 1 N–H and O–H groups in total. The monoisotopic (exact) mass is 276 g/mol. The normalized spacial score (nSPS) is 10.0. The van der Waals surface area contributed by atoms with Crippen LogP contribution >= 0.6 is 0 Å². The van der Waals surface area contributed by atoms with Crippen LogP contribution in [0.15, 0.2) is 59.1 Å². The van der Waals surface area contributed by atoms with Crippen LogP contribution in [0.4, 0.5) is 5.88 Å². The van der Waals surface area contributed by atoms with Crippen LogP contribution in [-0.4, -0.2) is 9.97 Å². The topological polar surface area (TPSA) is 74.7 Å². The Labute approximate surface area is 121 Å². The Hall–Kier alpha value is -3.13. The summed E-state index contributed by atoms with van der Waals surface area (Å²) in [5.74, 6) is 0.790. The molecule has 0 fully saturated rings. The van der Waals surface area contributed by atoms with Crippen LogP contribution in [0.5, 0.6) is 0 Å². The fourth-order valence-electron chi connectivity index (χ4n) is 1.89. The van der Waals surface area contributed by atoms with Crippen LogP contribution in [0.2, 0.25) is 0 Å². The van der Waals surface area contributed by atoms with Crippen LogP contribution in [0.1, 0.15) is 11.4 Å². The highest BCUT2D eigenvalue weighted by Gasteiger charge is 2.14. The van der Waals surface area contributed by atoms with E-state index in [4.69, 9.17) is 9.68 Å². The molecule has 2 heterocycles. The van der Waals surface area contributed by atoms with Crippen molar-refractivity contribution in [3.63, 3.8) is 0 Å². The third-order valence-electron chi connectivity index (χ3n) is 2.91. The summed E-state index contributed by atoms with van der Waals surface area (Å²) in [5, 5.41) is 12.2. The van der Waals surface area contributed by atoms with Gasteiger partial charge in [-0.2, -0.15) is 10.2 Å².